The smallest absolute Gasteiger partial charge is 0.0366 e. The highest BCUT2D eigenvalue weighted by molar-refractivity contribution is 5.47. The van der Waals surface area contributed by atoms with Gasteiger partial charge in [-0.05, 0) is 43.9 Å². The number of rotatable bonds is 5. The molecule has 0 aliphatic carbocycles. The Bertz CT molecular complexity index is 419. The fourth-order valence-corrected chi connectivity index (χ4v) is 2.49. The molecule has 1 saturated heterocycles. The Morgan fingerprint density at radius 3 is 2.53 bits per heavy atom. The van der Waals surface area contributed by atoms with Crippen LogP contribution in [0.5, 0.6) is 0 Å². The molecule has 0 saturated carbocycles. The maximum absolute atomic E-state index is 3.42. The molecule has 0 atom stereocenters. The molecule has 19 heavy (non-hydrogen) atoms. The van der Waals surface area contributed by atoms with Gasteiger partial charge in [0.15, 0.2) is 0 Å². The summed E-state index contributed by atoms with van der Waals surface area (Å²) in [6, 6.07) is 8.99. The molecule has 1 aromatic rings. The lowest BCUT2D eigenvalue weighted by atomic mass is 10.1. The van der Waals surface area contributed by atoms with Gasteiger partial charge in [0, 0.05) is 38.3 Å². The van der Waals surface area contributed by atoms with Gasteiger partial charge >= 0.3 is 0 Å². The highest BCUT2D eigenvalue weighted by Gasteiger charge is 2.10. The molecular formula is C17H24N2. The summed E-state index contributed by atoms with van der Waals surface area (Å²) in [5.41, 5.74) is 2.73. The van der Waals surface area contributed by atoms with Gasteiger partial charge in [-0.15, -0.1) is 11.8 Å². The zero-order valence-electron chi connectivity index (χ0n) is 11.9. The third-order valence-corrected chi connectivity index (χ3v) is 3.59. The predicted molar refractivity (Wildman–Crippen MR) is 82.3 cm³/mol. The second kappa shape index (κ2) is 7.86. The Hall–Kier alpha value is -1.46. The monoisotopic (exact) mass is 256 g/mol. The topological polar surface area (TPSA) is 15.3 Å². The number of nitrogens with zero attached hydrogens (tertiary/aromatic N) is 1. The van der Waals surface area contributed by atoms with E-state index in [0.717, 1.165) is 19.5 Å². The summed E-state index contributed by atoms with van der Waals surface area (Å²) in [6.45, 7) is 6.22. The van der Waals surface area contributed by atoms with Crippen LogP contribution >= 0.6 is 0 Å². The van der Waals surface area contributed by atoms with Gasteiger partial charge in [-0.2, -0.15) is 0 Å². The molecule has 1 aromatic carbocycles. The molecular weight excluding hydrogens is 232 g/mol. The second-order valence-corrected chi connectivity index (χ2v) is 5.07. The van der Waals surface area contributed by atoms with Crippen LogP contribution in [0.25, 0.3) is 0 Å². The molecule has 0 aromatic heterocycles. The summed E-state index contributed by atoms with van der Waals surface area (Å²) in [7, 11) is 0. The minimum Gasteiger partial charge on any atom is -0.372 e. The number of piperidine rings is 1. The van der Waals surface area contributed by atoms with Crippen LogP contribution in [0.15, 0.2) is 24.3 Å². The highest BCUT2D eigenvalue weighted by Crippen LogP contribution is 2.20. The molecule has 2 heteroatoms. The molecule has 1 aliphatic rings. The van der Waals surface area contributed by atoms with Crippen molar-refractivity contribution in [2.45, 2.75) is 39.2 Å². The van der Waals surface area contributed by atoms with Gasteiger partial charge in [-0.1, -0.05) is 12.1 Å². The first kappa shape index (κ1) is 14.0. The summed E-state index contributed by atoms with van der Waals surface area (Å²) >= 11 is 0. The largest absolute Gasteiger partial charge is 0.372 e. The zero-order chi connectivity index (χ0) is 13.3. The van der Waals surface area contributed by atoms with Crippen molar-refractivity contribution in [2.24, 2.45) is 0 Å². The Kier molecular flexibility index (Phi) is 5.78. The number of anilines is 1. The summed E-state index contributed by atoms with van der Waals surface area (Å²) in [6.07, 6.45) is 4.99. The van der Waals surface area contributed by atoms with Crippen molar-refractivity contribution in [1.82, 2.24) is 5.32 Å². The molecule has 0 bridgehead atoms. The van der Waals surface area contributed by atoms with Crippen LogP contribution in [0.4, 0.5) is 5.69 Å². The highest BCUT2D eigenvalue weighted by atomic mass is 15.1. The SMILES string of the molecule is CC#CCCNCc1ccc(N2CCCCC2)cc1. The van der Waals surface area contributed by atoms with Crippen LogP contribution in [0, 0.1) is 11.8 Å². The van der Waals surface area contributed by atoms with Gasteiger partial charge in [-0.25, -0.2) is 0 Å². The van der Waals surface area contributed by atoms with E-state index < -0.39 is 0 Å². The van der Waals surface area contributed by atoms with E-state index in [4.69, 9.17) is 0 Å². The molecule has 0 spiro atoms. The Balaban J connectivity index is 1.78. The van der Waals surface area contributed by atoms with Crippen molar-refractivity contribution in [1.29, 1.82) is 0 Å². The average molecular weight is 256 g/mol. The lowest BCUT2D eigenvalue weighted by molar-refractivity contribution is 0.578. The lowest BCUT2D eigenvalue weighted by Gasteiger charge is -2.28. The maximum atomic E-state index is 3.42. The molecule has 1 N–H and O–H groups in total. The van der Waals surface area contributed by atoms with Crippen molar-refractivity contribution < 1.29 is 0 Å². The molecule has 0 unspecified atom stereocenters. The number of hydrogen-bond donors (Lipinski definition) is 1. The van der Waals surface area contributed by atoms with Gasteiger partial charge in [0.25, 0.3) is 0 Å². The average Bonchev–Trinajstić information content (AvgIpc) is 2.49. The van der Waals surface area contributed by atoms with Crippen LogP contribution in [0.1, 0.15) is 38.2 Å². The first-order valence-corrected chi connectivity index (χ1v) is 7.34. The predicted octanol–water partition coefficient (Wildman–Crippen LogP) is 3.18. The summed E-state index contributed by atoms with van der Waals surface area (Å²) in [5, 5.41) is 3.42. The van der Waals surface area contributed by atoms with Crippen molar-refractivity contribution in [2.75, 3.05) is 24.5 Å². The maximum Gasteiger partial charge on any atom is 0.0366 e. The number of hydrogen-bond acceptors (Lipinski definition) is 2. The molecule has 1 fully saturated rings. The van der Waals surface area contributed by atoms with E-state index in [1.807, 2.05) is 6.92 Å². The van der Waals surface area contributed by atoms with Gasteiger partial charge in [0.2, 0.25) is 0 Å². The van der Waals surface area contributed by atoms with E-state index in [9.17, 15) is 0 Å². The fourth-order valence-electron chi connectivity index (χ4n) is 2.49. The van der Waals surface area contributed by atoms with Crippen LogP contribution in [0.3, 0.4) is 0 Å². The molecule has 0 radical (unpaired) electrons. The van der Waals surface area contributed by atoms with Crippen molar-refractivity contribution >= 4 is 5.69 Å². The summed E-state index contributed by atoms with van der Waals surface area (Å²) < 4.78 is 0. The first-order valence-electron chi connectivity index (χ1n) is 7.34. The molecule has 102 valence electrons. The fraction of sp³-hybridized carbons (Fsp3) is 0.529. The Labute approximate surface area is 117 Å². The van der Waals surface area contributed by atoms with Crippen molar-refractivity contribution in [3.05, 3.63) is 29.8 Å². The first-order chi connectivity index (χ1) is 9.40. The zero-order valence-corrected chi connectivity index (χ0v) is 11.9. The molecule has 2 nitrogen and oxygen atoms in total. The van der Waals surface area contributed by atoms with Crippen molar-refractivity contribution in [3.8, 4) is 11.8 Å². The third-order valence-electron chi connectivity index (χ3n) is 3.59. The minimum atomic E-state index is 0.933. The van der Waals surface area contributed by atoms with Crippen LogP contribution in [-0.4, -0.2) is 19.6 Å². The Morgan fingerprint density at radius 1 is 1.11 bits per heavy atom. The molecule has 0 amide bonds. The van der Waals surface area contributed by atoms with Gasteiger partial charge in [0.05, 0.1) is 0 Å². The van der Waals surface area contributed by atoms with E-state index in [0.29, 0.717) is 0 Å². The van der Waals surface area contributed by atoms with E-state index in [1.165, 1.54) is 43.6 Å². The number of nitrogens with one attached hydrogen (secondary N) is 1. The molecule has 1 aliphatic heterocycles. The van der Waals surface area contributed by atoms with Crippen LogP contribution in [-0.2, 0) is 6.54 Å². The second-order valence-electron chi connectivity index (χ2n) is 5.07. The third kappa shape index (κ3) is 4.61. The standard InChI is InChI=1S/C17H24N2/c1-2-3-5-12-18-15-16-8-10-17(11-9-16)19-13-6-4-7-14-19/h8-11,18H,4-7,12-15H2,1H3. The quantitative estimate of drug-likeness (QED) is 0.643. The van der Waals surface area contributed by atoms with Crippen LogP contribution < -0.4 is 10.2 Å². The molecule has 2 rings (SSSR count). The van der Waals surface area contributed by atoms with Gasteiger partial charge in [-0.3, -0.25) is 0 Å². The van der Waals surface area contributed by atoms with Crippen molar-refractivity contribution in [3.63, 3.8) is 0 Å². The normalized spacial score (nSPS) is 14.9. The van der Waals surface area contributed by atoms with Gasteiger partial charge in [0.1, 0.15) is 0 Å². The Morgan fingerprint density at radius 2 is 1.84 bits per heavy atom. The van der Waals surface area contributed by atoms with E-state index in [2.05, 4.69) is 46.3 Å². The minimum absolute atomic E-state index is 0.933. The van der Waals surface area contributed by atoms with E-state index in [1.54, 1.807) is 0 Å². The van der Waals surface area contributed by atoms with E-state index in [-0.39, 0.29) is 0 Å². The summed E-state index contributed by atoms with van der Waals surface area (Å²) in [4.78, 5) is 2.50. The summed E-state index contributed by atoms with van der Waals surface area (Å²) in [5.74, 6) is 5.98. The molecule has 1 heterocycles. The van der Waals surface area contributed by atoms with E-state index >= 15 is 0 Å². The van der Waals surface area contributed by atoms with Crippen LogP contribution in [0.2, 0.25) is 0 Å². The lowest BCUT2D eigenvalue weighted by Crippen LogP contribution is -2.29. The van der Waals surface area contributed by atoms with Gasteiger partial charge < -0.3 is 10.2 Å². The number of benzene rings is 1.